The second-order valence-electron chi connectivity index (χ2n) is 9.02. The topological polar surface area (TPSA) is 65.0 Å². The van der Waals surface area contributed by atoms with Crippen molar-refractivity contribution in [2.24, 2.45) is 5.41 Å². The number of hydrogen-bond donors (Lipinski definition) is 1. The lowest BCUT2D eigenvalue weighted by Crippen LogP contribution is -2.11. The van der Waals surface area contributed by atoms with E-state index in [1.54, 1.807) is 37.4 Å². The standard InChI is InChI=1S/C27H29FO5/c1-27(2,3)15-19-13-22(8-10-23(19)24-14-20(31-4)9-11-25(24)28)32-16-18-6-5-7-21(12-18)33-17-26(29)30/h5-14H,15-17H2,1-4H3,(H,29,30). The van der Waals surface area contributed by atoms with Crippen molar-refractivity contribution in [2.75, 3.05) is 13.7 Å². The highest BCUT2D eigenvalue weighted by Gasteiger charge is 2.18. The number of rotatable bonds is 9. The Bertz CT molecular complexity index is 1120. The first kappa shape index (κ1) is 24.1. The molecule has 3 aromatic carbocycles. The highest BCUT2D eigenvalue weighted by atomic mass is 19.1. The largest absolute Gasteiger partial charge is 0.497 e. The number of methoxy groups -OCH3 is 1. The van der Waals surface area contributed by atoms with E-state index in [9.17, 15) is 9.18 Å². The van der Waals surface area contributed by atoms with Gasteiger partial charge < -0.3 is 19.3 Å². The molecule has 5 nitrogen and oxygen atoms in total. The molecule has 0 aliphatic heterocycles. The molecule has 174 valence electrons. The molecule has 33 heavy (non-hydrogen) atoms. The second-order valence-corrected chi connectivity index (χ2v) is 9.02. The van der Waals surface area contributed by atoms with E-state index in [1.807, 2.05) is 24.3 Å². The zero-order valence-corrected chi connectivity index (χ0v) is 19.4. The Morgan fingerprint density at radius 3 is 2.33 bits per heavy atom. The Balaban J connectivity index is 1.85. The Kier molecular flexibility index (Phi) is 7.59. The molecule has 0 bridgehead atoms. The van der Waals surface area contributed by atoms with Crippen LogP contribution < -0.4 is 14.2 Å². The average molecular weight is 453 g/mol. The van der Waals surface area contributed by atoms with Gasteiger partial charge in [-0.2, -0.15) is 0 Å². The fourth-order valence-corrected chi connectivity index (χ4v) is 3.51. The Labute approximate surface area is 193 Å². The van der Waals surface area contributed by atoms with Gasteiger partial charge in [0.1, 0.15) is 29.7 Å². The number of benzene rings is 3. The Hall–Kier alpha value is -3.54. The van der Waals surface area contributed by atoms with Gasteiger partial charge in [-0.25, -0.2) is 9.18 Å². The average Bonchev–Trinajstić information content (AvgIpc) is 2.76. The quantitative estimate of drug-likeness (QED) is 0.423. The highest BCUT2D eigenvalue weighted by molar-refractivity contribution is 5.70. The molecule has 0 atom stereocenters. The molecular weight excluding hydrogens is 423 g/mol. The lowest BCUT2D eigenvalue weighted by molar-refractivity contribution is -0.139. The summed E-state index contributed by atoms with van der Waals surface area (Å²) >= 11 is 0. The lowest BCUT2D eigenvalue weighted by Gasteiger charge is -2.22. The van der Waals surface area contributed by atoms with Gasteiger partial charge in [-0.15, -0.1) is 0 Å². The van der Waals surface area contributed by atoms with E-state index in [-0.39, 0.29) is 17.8 Å². The number of ether oxygens (including phenoxy) is 3. The van der Waals surface area contributed by atoms with Gasteiger partial charge in [-0.05, 0) is 71.0 Å². The summed E-state index contributed by atoms with van der Waals surface area (Å²) in [5, 5.41) is 8.77. The summed E-state index contributed by atoms with van der Waals surface area (Å²) in [6, 6.07) is 17.5. The molecular formula is C27H29FO5. The normalized spacial score (nSPS) is 11.2. The summed E-state index contributed by atoms with van der Waals surface area (Å²) < 4.78 is 31.2. The van der Waals surface area contributed by atoms with Gasteiger partial charge in [0.2, 0.25) is 0 Å². The third kappa shape index (κ3) is 6.97. The molecule has 0 heterocycles. The van der Waals surface area contributed by atoms with E-state index in [2.05, 4.69) is 20.8 Å². The molecule has 1 N–H and O–H groups in total. The van der Waals surface area contributed by atoms with Crippen molar-refractivity contribution in [1.29, 1.82) is 0 Å². The molecule has 0 spiro atoms. The predicted molar refractivity (Wildman–Crippen MR) is 125 cm³/mol. The summed E-state index contributed by atoms with van der Waals surface area (Å²) in [5.74, 6) is 0.390. The predicted octanol–water partition coefficient (Wildman–Crippen LogP) is 6.13. The molecule has 3 aromatic rings. The maximum absolute atomic E-state index is 14.7. The third-order valence-corrected chi connectivity index (χ3v) is 4.93. The molecule has 6 heteroatoms. The monoisotopic (exact) mass is 452 g/mol. The van der Waals surface area contributed by atoms with Crippen LogP contribution in [0, 0.1) is 11.2 Å². The van der Waals surface area contributed by atoms with Crippen LogP contribution in [0.4, 0.5) is 4.39 Å². The maximum Gasteiger partial charge on any atom is 0.341 e. The third-order valence-electron chi connectivity index (χ3n) is 4.93. The Morgan fingerprint density at radius 1 is 0.909 bits per heavy atom. The molecule has 0 saturated heterocycles. The molecule has 0 amide bonds. The van der Waals surface area contributed by atoms with Crippen LogP contribution in [-0.2, 0) is 17.8 Å². The first-order valence-electron chi connectivity index (χ1n) is 10.7. The smallest absolute Gasteiger partial charge is 0.341 e. The van der Waals surface area contributed by atoms with Crippen molar-refractivity contribution < 1.29 is 28.5 Å². The van der Waals surface area contributed by atoms with E-state index >= 15 is 0 Å². The van der Waals surface area contributed by atoms with Crippen LogP contribution in [0.5, 0.6) is 17.2 Å². The number of hydrogen-bond acceptors (Lipinski definition) is 4. The molecule has 0 saturated carbocycles. The summed E-state index contributed by atoms with van der Waals surface area (Å²) in [5.41, 5.74) is 3.10. The number of carboxylic acids is 1. The summed E-state index contributed by atoms with van der Waals surface area (Å²) in [4.78, 5) is 10.7. The van der Waals surface area contributed by atoms with Gasteiger partial charge in [0.25, 0.3) is 0 Å². The van der Waals surface area contributed by atoms with Crippen molar-refractivity contribution in [3.8, 4) is 28.4 Å². The molecule has 0 radical (unpaired) electrons. The molecule has 0 unspecified atom stereocenters. The van der Waals surface area contributed by atoms with E-state index in [4.69, 9.17) is 19.3 Å². The minimum absolute atomic E-state index is 0.0153. The number of carbonyl (C=O) groups is 1. The van der Waals surface area contributed by atoms with Crippen molar-refractivity contribution in [1.82, 2.24) is 0 Å². The maximum atomic E-state index is 14.7. The molecule has 3 rings (SSSR count). The minimum Gasteiger partial charge on any atom is -0.497 e. The van der Waals surface area contributed by atoms with Crippen LogP contribution in [0.15, 0.2) is 60.7 Å². The van der Waals surface area contributed by atoms with Crippen molar-refractivity contribution in [2.45, 2.75) is 33.8 Å². The van der Waals surface area contributed by atoms with Crippen molar-refractivity contribution >= 4 is 5.97 Å². The van der Waals surface area contributed by atoms with Crippen LogP contribution in [0.25, 0.3) is 11.1 Å². The fraction of sp³-hybridized carbons (Fsp3) is 0.296. The van der Waals surface area contributed by atoms with Gasteiger partial charge in [0.15, 0.2) is 6.61 Å². The highest BCUT2D eigenvalue weighted by Crippen LogP contribution is 2.35. The van der Waals surface area contributed by atoms with E-state index < -0.39 is 12.6 Å². The second kappa shape index (κ2) is 10.4. The van der Waals surface area contributed by atoms with Gasteiger partial charge in [0, 0.05) is 5.56 Å². The van der Waals surface area contributed by atoms with Gasteiger partial charge in [-0.3, -0.25) is 0 Å². The minimum atomic E-state index is -1.03. The van der Waals surface area contributed by atoms with Crippen LogP contribution in [0.1, 0.15) is 31.9 Å². The zero-order valence-electron chi connectivity index (χ0n) is 19.4. The van der Waals surface area contributed by atoms with Gasteiger partial charge >= 0.3 is 5.97 Å². The van der Waals surface area contributed by atoms with Crippen molar-refractivity contribution in [3.63, 3.8) is 0 Å². The SMILES string of the molecule is COc1ccc(F)c(-c2ccc(OCc3cccc(OCC(=O)O)c3)cc2CC(C)(C)C)c1. The van der Waals surface area contributed by atoms with E-state index in [0.29, 0.717) is 22.8 Å². The van der Waals surface area contributed by atoms with Gasteiger partial charge in [-0.1, -0.05) is 39.0 Å². The molecule has 0 aromatic heterocycles. The summed E-state index contributed by atoms with van der Waals surface area (Å²) in [6.07, 6.45) is 0.731. The summed E-state index contributed by atoms with van der Waals surface area (Å²) in [7, 11) is 1.56. The first-order valence-corrected chi connectivity index (χ1v) is 10.7. The first-order chi connectivity index (χ1) is 15.6. The molecule has 0 aliphatic rings. The van der Waals surface area contributed by atoms with Crippen LogP contribution in [-0.4, -0.2) is 24.8 Å². The molecule has 0 fully saturated rings. The summed E-state index contributed by atoms with van der Waals surface area (Å²) in [6.45, 7) is 6.29. The number of carboxylic acid groups (broad SMARTS) is 1. The molecule has 0 aliphatic carbocycles. The number of halogens is 1. The lowest BCUT2D eigenvalue weighted by atomic mass is 9.84. The van der Waals surface area contributed by atoms with Gasteiger partial charge in [0.05, 0.1) is 7.11 Å². The van der Waals surface area contributed by atoms with Crippen LogP contribution >= 0.6 is 0 Å². The van der Waals surface area contributed by atoms with Crippen LogP contribution in [0.3, 0.4) is 0 Å². The van der Waals surface area contributed by atoms with E-state index in [0.717, 1.165) is 23.1 Å². The zero-order chi connectivity index (χ0) is 24.0. The fourth-order valence-electron chi connectivity index (χ4n) is 3.51. The Morgan fingerprint density at radius 2 is 1.64 bits per heavy atom. The van der Waals surface area contributed by atoms with Crippen molar-refractivity contribution in [3.05, 3.63) is 77.6 Å². The number of aliphatic carboxylic acids is 1. The van der Waals surface area contributed by atoms with Crippen LogP contribution in [0.2, 0.25) is 0 Å². The van der Waals surface area contributed by atoms with E-state index in [1.165, 1.54) is 6.07 Å².